The van der Waals surface area contributed by atoms with Crippen LogP contribution < -0.4 is 0 Å². The van der Waals surface area contributed by atoms with Crippen LogP contribution in [0.15, 0.2) is 29.2 Å². The van der Waals surface area contributed by atoms with Crippen molar-refractivity contribution in [3.05, 3.63) is 51.8 Å². The minimum absolute atomic E-state index is 0.168. The van der Waals surface area contributed by atoms with Crippen LogP contribution in [0.25, 0.3) is 0 Å². The van der Waals surface area contributed by atoms with Gasteiger partial charge >= 0.3 is 11.9 Å². The van der Waals surface area contributed by atoms with E-state index in [9.17, 15) is 14.4 Å². The van der Waals surface area contributed by atoms with Crippen LogP contribution in [0.1, 0.15) is 45.4 Å². The van der Waals surface area contributed by atoms with E-state index < -0.39 is 23.8 Å². The first-order valence-corrected chi connectivity index (χ1v) is 10.0. The van der Waals surface area contributed by atoms with Crippen LogP contribution in [0.3, 0.4) is 0 Å². The Kier molecular flexibility index (Phi) is 7.71. The van der Waals surface area contributed by atoms with Crippen molar-refractivity contribution in [1.29, 1.82) is 0 Å². The van der Waals surface area contributed by atoms with E-state index in [1.54, 1.807) is 26.0 Å². The van der Waals surface area contributed by atoms with Crippen LogP contribution in [-0.2, 0) is 14.3 Å². The van der Waals surface area contributed by atoms with Gasteiger partial charge in [-0.25, -0.2) is 4.79 Å². The Bertz CT molecular complexity index is 875. The molecule has 0 fully saturated rings. The molecule has 8 heteroatoms. The zero-order chi connectivity index (χ0) is 20.8. The first-order valence-electron chi connectivity index (χ1n) is 8.64. The smallest absolute Gasteiger partial charge is 0.339 e. The fourth-order valence-corrected chi connectivity index (χ4v) is 3.66. The Labute approximate surface area is 172 Å². The predicted octanol–water partition coefficient (Wildman–Crippen LogP) is 4.37. The minimum Gasteiger partial charge on any atom is -0.465 e. The quantitative estimate of drug-likeness (QED) is 0.385. The van der Waals surface area contributed by atoms with Gasteiger partial charge < -0.3 is 14.5 Å². The molecule has 0 spiro atoms. The normalized spacial score (nSPS) is 11.8. The van der Waals surface area contributed by atoms with E-state index in [1.165, 1.54) is 25.8 Å². The molecular formula is C20H22ClNO5S. The van der Waals surface area contributed by atoms with Crippen LogP contribution >= 0.6 is 23.4 Å². The molecule has 2 rings (SSSR count). The Morgan fingerprint density at radius 3 is 2.43 bits per heavy atom. The number of Topliss-reactive ketones (excluding diaryl/α,β-unsaturated/α-hetero) is 1. The molecule has 0 saturated heterocycles. The van der Waals surface area contributed by atoms with E-state index in [1.807, 2.05) is 12.1 Å². The third-order valence-electron chi connectivity index (χ3n) is 4.14. The molecule has 0 radical (unpaired) electrons. The van der Waals surface area contributed by atoms with E-state index >= 15 is 0 Å². The zero-order valence-corrected chi connectivity index (χ0v) is 17.7. The van der Waals surface area contributed by atoms with Crippen LogP contribution in [0.4, 0.5) is 0 Å². The van der Waals surface area contributed by atoms with E-state index in [4.69, 9.17) is 21.1 Å². The lowest BCUT2D eigenvalue weighted by Gasteiger charge is -2.12. The zero-order valence-electron chi connectivity index (χ0n) is 16.1. The first kappa shape index (κ1) is 22.0. The van der Waals surface area contributed by atoms with Crippen LogP contribution in [0.2, 0.25) is 5.02 Å². The number of thioether (sulfide) groups is 1. The van der Waals surface area contributed by atoms with E-state index in [2.05, 4.69) is 4.98 Å². The number of aromatic amines is 1. The highest BCUT2D eigenvalue weighted by Gasteiger charge is 2.27. The molecule has 0 bridgehead atoms. The standard InChI is InChI=1S/C20H22ClNO5S/c1-11-17(20(25)26-4)12(2)22-18(11)19(24)13(3)27-16(23)9-10-28-15-7-5-14(21)6-8-15/h5-8,13,22H,9-10H2,1-4H3. The van der Waals surface area contributed by atoms with Gasteiger partial charge in [0.25, 0.3) is 0 Å². The number of rotatable bonds is 8. The molecule has 0 aliphatic carbocycles. The summed E-state index contributed by atoms with van der Waals surface area (Å²) in [6.07, 6.45) is -0.795. The number of hydrogen-bond acceptors (Lipinski definition) is 6. The third-order valence-corrected chi connectivity index (χ3v) is 5.41. The lowest BCUT2D eigenvalue weighted by Crippen LogP contribution is -2.25. The molecule has 1 unspecified atom stereocenters. The Morgan fingerprint density at radius 1 is 1.18 bits per heavy atom. The molecule has 1 heterocycles. The Hall–Kier alpha value is -2.25. The minimum atomic E-state index is -0.963. The monoisotopic (exact) mass is 423 g/mol. The average Bonchev–Trinajstić information content (AvgIpc) is 2.96. The van der Waals surface area contributed by atoms with Gasteiger partial charge in [0.1, 0.15) is 0 Å². The number of hydrogen-bond donors (Lipinski definition) is 1. The number of nitrogens with one attached hydrogen (secondary N) is 1. The van der Waals surface area contributed by atoms with Gasteiger partial charge in [-0.2, -0.15) is 0 Å². The summed E-state index contributed by atoms with van der Waals surface area (Å²) in [5, 5.41) is 0.654. The molecule has 1 atom stereocenters. The van der Waals surface area contributed by atoms with Gasteiger partial charge in [0.05, 0.1) is 24.8 Å². The van der Waals surface area contributed by atoms with Gasteiger partial charge in [-0.05, 0) is 50.6 Å². The SMILES string of the molecule is COC(=O)c1c(C)[nH]c(C(=O)C(C)OC(=O)CCSc2ccc(Cl)cc2)c1C. The van der Waals surface area contributed by atoms with Crippen molar-refractivity contribution in [2.75, 3.05) is 12.9 Å². The molecule has 2 aromatic rings. The number of carbonyl (C=O) groups excluding carboxylic acids is 3. The predicted molar refractivity (Wildman–Crippen MR) is 108 cm³/mol. The van der Waals surface area contributed by atoms with Crippen molar-refractivity contribution in [2.24, 2.45) is 0 Å². The molecular weight excluding hydrogens is 402 g/mol. The molecule has 6 nitrogen and oxygen atoms in total. The summed E-state index contributed by atoms with van der Waals surface area (Å²) in [7, 11) is 1.28. The Balaban J connectivity index is 1.92. The number of ketones is 1. The summed E-state index contributed by atoms with van der Waals surface area (Å²) < 4.78 is 9.99. The van der Waals surface area contributed by atoms with E-state index in [0.29, 0.717) is 27.6 Å². The average molecular weight is 424 g/mol. The molecule has 0 saturated carbocycles. The number of methoxy groups -OCH3 is 1. The lowest BCUT2D eigenvalue weighted by molar-refractivity contribution is -0.145. The number of ether oxygens (including phenoxy) is 2. The summed E-state index contributed by atoms with van der Waals surface area (Å²) in [6.45, 7) is 4.85. The molecule has 1 N–H and O–H groups in total. The second-order valence-corrected chi connectivity index (χ2v) is 7.77. The molecule has 150 valence electrons. The number of benzene rings is 1. The topological polar surface area (TPSA) is 85.5 Å². The van der Waals surface area contributed by atoms with Crippen molar-refractivity contribution >= 4 is 41.1 Å². The molecule has 0 aliphatic heterocycles. The first-order chi connectivity index (χ1) is 13.2. The van der Waals surface area contributed by atoms with Crippen LogP contribution in [-0.4, -0.2) is 41.7 Å². The van der Waals surface area contributed by atoms with E-state index in [-0.39, 0.29) is 12.1 Å². The number of carbonyl (C=O) groups is 3. The number of halogens is 1. The fraction of sp³-hybridized carbons (Fsp3) is 0.350. The van der Waals surface area contributed by atoms with Crippen molar-refractivity contribution < 1.29 is 23.9 Å². The summed E-state index contributed by atoms with van der Waals surface area (Å²) in [4.78, 5) is 40.4. The maximum Gasteiger partial charge on any atom is 0.339 e. The van der Waals surface area contributed by atoms with Gasteiger partial charge in [-0.15, -0.1) is 11.8 Å². The van der Waals surface area contributed by atoms with Crippen LogP contribution in [0, 0.1) is 13.8 Å². The van der Waals surface area contributed by atoms with Gasteiger partial charge in [0.15, 0.2) is 6.10 Å². The third kappa shape index (κ3) is 5.39. The summed E-state index contributed by atoms with van der Waals surface area (Å²) in [6, 6.07) is 7.32. The van der Waals surface area contributed by atoms with Crippen molar-refractivity contribution in [2.45, 2.75) is 38.2 Å². The summed E-state index contributed by atoms with van der Waals surface area (Å²) in [5.74, 6) is -0.853. The maximum absolute atomic E-state index is 12.6. The molecule has 0 aliphatic rings. The highest BCUT2D eigenvalue weighted by Crippen LogP contribution is 2.22. The van der Waals surface area contributed by atoms with Crippen molar-refractivity contribution in [3.8, 4) is 0 Å². The molecule has 0 amide bonds. The number of aromatic nitrogens is 1. The highest BCUT2D eigenvalue weighted by molar-refractivity contribution is 7.99. The number of aryl methyl sites for hydroxylation is 1. The van der Waals surface area contributed by atoms with Gasteiger partial charge in [-0.3, -0.25) is 9.59 Å². The van der Waals surface area contributed by atoms with Gasteiger partial charge in [0, 0.05) is 21.4 Å². The fourth-order valence-electron chi connectivity index (χ4n) is 2.70. The maximum atomic E-state index is 12.6. The summed E-state index contributed by atoms with van der Waals surface area (Å²) >= 11 is 7.34. The van der Waals surface area contributed by atoms with E-state index in [0.717, 1.165) is 4.90 Å². The number of H-pyrrole nitrogens is 1. The molecule has 28 heavy (non-hydrogen) atoms. The van der Waals surface area contributed by atoms with Crippen LogP contribution in [0.5, 0.6) is 0 Å². The lowest BCUT2D eigenvalue weighted by atomic mass is 10.1. The molecule has 1 aromatic heterocycles. The van der Waals surface area contributed by atoms with Gasteiger partial charge in [0.2, 0.25) is 5.78 Å². The Morgan fingerprint density at radius 2 is 1.82 bits per heavy atom. The summed E-state index contributed by atoms with van der Waals surface area (Å²) in [5.41, 5.74) is 1.58. The molecule has 1 aromatic carbocycles. The largest absolute Gasteiger partial charge is 0.465 e. The van der Waals surface area contributed by atoms with Crippen molar-refractivity contribution in [1.82, 2.24) is 4.98 Å². The number of esters is 2. The highest BCUT2D eigenvalue weighted by atomic mass is 35.5. The second kappa shape index (κ2) is 9.80. The van der Waals surface area contributed by atoms with Gasteiger partial charge in [-0.1, -0.05) is 11.6 Å². The second-order valence-electron chi connectivity index (χ2n) is 6.17. The van der Waals surface area contributed by atoms with Crippen molar-refractivity contribution in [3.63, 3.8) is 0 Å².